The van der Waals surface area contributed by atoms with Gasteiger partial charge in [-0.3, -0.25) is 15.2 Å². The smallest absolute Gasteiger partial charge is 0.277 e. The summed E-state index contributed by atoms with van der Waals surface area (Å²) in [5, 5.41) is 29.7. The van der Waals surface area contributed by atoms with Crippen LogP contribution in [-0.4, -0.2) is 20.2 Å². The fraction of sp³-hybridized carbons (Fsp3) is 0.278. The first-order valence-electron chi connectivity index (χ1n) is 8.06. The Kier molecular flexibility index (Phi) is 6.09. The molecule has 0 aliphatic carbocycles. The van der Waals surface area contributed by atoms with E-state index < -0.39 is 16.8 Å². The second kappa shape index (κ2) is 7.92. The molecule has 0 bridgehead atoms. The lowest BCUT2D eigenvalue weighted by atomic mass is 9.95. The van der Waals surface area contributed by atoms with Crippen molar-refractivity contribution in [3.8, 4) is 0 Å². The van der Waals surface area contributed by atoms with Gasteiger partial charge in [-0.25, -0.2) is 4.39 Å². The maximum Gasteiger partial charge on any atom is 0.277 e. The Morgan fingerprint density at radius 2 is 1.96 bits per heavy atom. The van der Waals surface area contributed by atoms with E-state index in [0.29, 0.717) is 26.6 Å². The SMILES string of the molecule is CC.Cc1ccc(F)cc1C(O)c1c([N+](=O)[O-])cc2c(C)[nH]nc2c1Br. The molecule has 2 N–H and O–H groups in total. The summed E-state index contributed by atoms with van der Waals surface area (Å²) in [4.78, 5) is 10.9. The van der Waals surface area contributed by atoms with E-state index in [1.54, 1.807) is 13.8 Å². The molecule has 1 atom stereocenters. The fourth-order valence-corrected chi connectivity index (χ4v) is 3.43. The highest BCUT2D eigenvalue weighted by atomic mass is 79.9. The average Bonchev–Trinajstić information content (AvgIpc) is 2.99. The number of fused-ring (bicyclic) bond motifs is 1. The average molecular weight is 424 g/mol. The third-order valence-electron chi connectivity index (χ3n) is 4.00. The molecule has 26 heavy (non-hydrogen) atoms. The number of hydrogen-bond donors (Lipinski definition) is 2. The number of H-pyrrole nitrogens is 1. The Hall–Kier alpha value is -2.32. The number of halogens is 2. The lowest BCUT2D eigenvalue weighted by molar-refractivity contribution is -0.386. The number of aliphatic hydroxyl groups excluding tert-OH is 1. The summed E-state index contributed by atoms with van der Waals surface area (Å²) in [6.45, 7) is 7.45. The summed E-state index contributed by atoms with van der Waals surface area (Å²) in [6.07, 6.45) is -1.36. The van der Waals surface area contributed by atoms with Gasteiger partial charge in [0.1, 0.15) is 17.4 Å². The largest absolute Gasteiger partial charge is 0.383 e. The molecule has 0 aliphatic rings. The Labute approximate surface area is 158 Å². The minimum Gasteiger partial charge on any atom is -0.383 e. The Bertz CT molecular complexity index is 972. The van der Waals surface area contributed by atoms with Crippen molar-refractivity contribution < 1.29 is 14.4 Å². The molecule has 0 aliphatic heterocycles. The van der Waals surface area contributed by atoms with Crippen molar-refractivity contribution in [1.29, 1.82) is 0 Å². The molecule has 138 valence electrons. The lowest BCUT2D eigenvalue weighted by Gasteiger charge is -2.16. The van der Waals surface area contributed by atoms with Gasteiger partial charge in [0.15, 0.2) is 0 Å². The number of nitro groups is 1. The lowest BCUT2D eigenvalue weighted by Crippen LogP contribution is -2.07. The van der Waals surface area contributed by atoms with Crippen molar-refractivity contribution in [2.45, 2.75) is 33.8 Å². The highest BCUT2D eigenvalue weighted by Crippen LogP contribution is 2.41. The van der Waals surface area contributed by atoms with E-state index in [4.69, 9.17) is 0 Å². The predicted molar refractivity (Wildman–Crippen MR) is 102 cm³/mol. The molecule has 1 heterocycles. The first kappa shape index (κ1) is 20.0. The number of rotatable bonds is 3. The summed E-state index contributed by atoms with van der Waals surface area (Å²) in [5.41, 5.74) is 1.84. The van der Waals surface area contributed by atoms with Crippen LogP contribution in [0.4, 0.5) is 10.1 Å². The number of nitrogens with zero attached hydrogens (tertiary/aromatic N) is 2. The molecule has 8 heteroatoms. The number of nitrogens with one attached hydrogen (secondary N) is 1. The van der Waals surface area contributed by atoms with Crippen LogP contribution in [0, 0.1) is 29.8 Å². The summed E-state index contributed by atoms with van der Waals surface area (Å²) in [7, 11) is 0. The number of aromatic nitrogens is 2. The molecule has 0 saturated carbocycles. The summed E-state index contributed by atoms with van der Waals surface area (Å²) >= 11 is 3.31. The third kappa shape index (κ3) is 3.47. The van der Waals surface area contributed by atoms with Crippen LogP contribution < -0.4 is 0 Å². The maximum atomic E-state index is 13.6. The molecule has 3 rings (SSSR count). The zero-order valence-electron chi connectivity index (χ0n) is 14.8. The number of benzene rings is 2. The van der Waals surface area contributed by atoms with Crippen LogP contribution in [0.2, 0.25) is 0 Å². The van der Waals surface area contributed by atoms with Crippen LogP contribution in [-0.2, 0) is 0 Å². The summed E-state index contributed by atoms with van der Waals surface area (Å²) < 4.78 is 13.9. The molecule has 1 unspecified atom stereocenters. The van der Waals surface area contributed by atoms with E-state index in [1.807, 2.05) is 13.8 Å². The first-order valence-corrected chi connectivity index (χ1v) is 8.86. The van der Waals surface area contributed by atoms with Crippen molar-refractivity contribution in [3.05, 3.63) is 67.1 Å². The van der Waals surface area contributed by atoms with E-state index in [0.717, 1.165) is 0 Å². The minimum absolute atomic E-state index is 0.0488. The van der Waals surface area contributed by atoms with Crippen molar-refractivity contribution in [2.75, 3.05) is 0 Å². The van der Waals surface area contributed by atoms with Crippen LogP contribution in [0.3, 0.4) is 0 Å². The molecule has 1 aromatic heterocycles. The maximum absolute atomic E-state index is 13.6. The topological polar surface area (TPSA) is 92.0 Å². The van der Waals surface area contributed by atoms with Crippen molar-refractivity contribution in [1.82, 2.24) is 10.2 Å². The van der Waals surface area contributed by atoms with Crippen LogP contribution in [0.15, 0.2) is 28.7 Å². The van der Waals surface area contributed by atoms with Gasteiger partial charge in [-0.2, -0.15) is 5.10 Å². The van der Waals surface area contributed by atoms with Gasteiger partial charge in [0.25, 0.3) is 5.69 Å². The molecule has 0 radical (unpaired) electrons. The van der Waals surface area contributed by atoms with Gasteiger partial charge < -0.3 is 5.11 Å². The summed E-state index contributed by atoms with van der Waals surface area (Å²) in [6, 6.07) is 5.34. The minimum atomic E-state index is -1.36. The van der Waals surface area contributed by atoms with Gasteiger partial charge in [0.05, 0.1) is 15.0 Å². The molecule has 0 fully saturated rings. The van der Waals surface area contributed by atoms with Crippen LogP contribution >= 0.6 is 15.9 Å². The van der Waals surface area contributed by atoms with Gasteiger partial charge in [0, 0.05) is 17.1 Å². The summed E-state index contributed by atoms with van der Waals surface area (Å²) in [5.74, 6) is -0.523. The Morgan fingerprint density at radius 1 is 1.31 bits per heavy atom. The normalized spacial score (nSPS) is 11.8. The zero-order valence-corrected chi connectivity index (χ0v) is 16.4. The molecule has 0 spiro atoms. The standard InChI is InChI=1S/C16H13BrFN3O3.C2H6/c1-7-3-4-9(18)5-10(7)16(22)13-12(21(23)24)6-11-8(2)19-20-15(11)14(13)17;1-2/h3-6,16,22H,1-2H3,(H,19,20);1-2H3. The number of nitro benzene ring substituents is 1. The van der Waals surface area contributed by atoms with E-state index in [9.17, 15) is 19.6 Å². The van der Waals surface area contributed by atoms with Gasteiger partial charge in [0.2, 0.25) is 0 Å². The van der Waals surface area contributed by atoms with Crippen LogP contribution in [0.25, 0.3) is 10.9 Å². The van der Waals surface area contributed by atoms with Gasteiger partial charge >= 0.3 is 0 Å². The second-order valence-electron chi connectivity index (χ2n) is 5.53. The molecular weight excluding hydrogens is 405 g/mol. The highest BCUT2D eigenvalue weighted by Gasteiger charge is 2.29. The monoisotopic (exact) mass is 423 g/mol. The van der Waals surface area contributed by atoms with E-state index in [2.05, 4.69) is 26.1 Å². The van der Waals surface area contributed by atoms with Crippen molar-refractivity contribution in [2.24, 2.45) is 0 Å². The number of hydrogen-bond acceptors (Lipinski definition) is 4. The van der Waals surface area contributed by atoms with Crippen molar-refractivity contribution in [3.63, 3.8) is 0 Å². The van der Waals surface area contributed by atoms with Crippen LogP contribution in [0.5, 0.6) is 0 Å². The van der Waals surface area contributed by atoms with E-state index in [1.165, 1.54) is 24.3 Å². The molecule has 6 nitrogen and oxygen atoms in total. The number of aromatic amines is 1. The quantitative estimate of drug-likeness (QED) is 0.452. The third-order valence-corrected chi connectivity index (χ3v) is 4.80. The molecule has 0 amide bonds. The van der Waals surface area contributed by atoms with Crippen molar-refractivity contribution >= 4 is 32.5 Å². The van der Waals surface area contributed by atoms with Crippen LogP contribution in [0.1, 0.15) is 42.3 Å². The highest BCUT2D eigenvalue weighted by molar-refractivity contribution is 9.10. The van der Waals surface area contributed by atoms with Gasteiger partial charge in [-0.15, -0.1) is 0 Å². The van der Waals surface area contributed by atoms with Gasteiger partial charge in [-0.05, 0) is 53.0 Å². The van der Waals surface area contributed by atoms with Gasteiger partial charge in [-0.1, -0.05) is 19.9 Å². The molecular formula is C18H19BrFN3O3. The molecule has 0 saturated heterocycles. The Balaban J connectivity index is 0.00000117. The molecule has 3 aromatic rings. The predicted octanol–water partition coefficient (Wildman–Crippen LogP) is 5.10. The molecule has 2 aromatic carbocycles. The number of aliphatic hydroxyl groups is 1. The van der Waals surface area contributed by atoms with E-state index in [-0.39, 0.29) is 16.8 Å². The number of aryl methyl sites for hydroxylation is 2. The fourth-order valence-electron chi connectivity index (χ4n) is 2.71. The Morgan fingerprint density at radius 3 is 2.58 bits per heavy atom. The second-order valence-corrected chi connectivity index (χ2v) is 6.32. The van der Waals surface area contributed by atoms with E-state index >= 15 is 0 Å². The zero-order chi connectivity index (χ0) is 19.6. The first-order chi connectivity index (χ1) is 12.3.